The number of hydrogen-bond donors (Lipinski definition) is 1. The molecular formula is C24H31N7O6. The number of ether oxygens (including phenoxy) is 2. The molecule has 1 saturated heterocycles. The summed E-state index contributed by atoms with van der Waals surface area (Å²) in [6.07, 6.45) is 1.53. The van der Waals surface area contributed by atoms with Gasteiger partial charge >= 0.3 is 12.1 Å². The molecule has 3 aromatic heterocycles. The van der Waals surface area contributed by atoms with E-state index in [0.29, 0.717) is 55.4 Å². The van der Waals surface area contributed by atoms with Gasteiger partial charge in [-0.05, 0) is 33.3 Å². The number of aliphatic carboxylic acids is 1. The molecule has 1 aliphatic rings. The lowest BCUT2D eigenvalue weighted by molar-refractivity contribution is -0.137. The Morgan fingerprint density at radius 1 is 1.16 bits per heavy atom. The molecule has 4 rings (SSSR count). The van der Waals surface area contributed by atoms with Gasteiger partial charge in [0.2, 0.25) is 11.7 Å². The van der Waals surface area contributed by atoms with Crippen molar-refractivity contribution in [2.45, 2.75) is 46.3 Å². The van der Waals surface area contributed by atoms with Crippen LogP contribution in [0, 0.1) is 0 Å². The van der Waals surface area contributed by atoms with Gasteiger partial charge in [0, 0.05) is 44.0 Å². The highest BCUT2D eigenvalue weighted by molar-refractivity contribution is 5.70. The van der Waals surface area contributed by atoms with Crippen LogP contribution in [0.1, 0.15) is 33.4 Å². The first kappa shape index (κ1) is 25.9. The van der Waals surface area contributed by atoms with Crippen LogP contribution in [0.25, 0.3) is 17.2 Å². The Morgan fingerprint density at radius 3 is 2.46 bits per heavy atom. The van der Waals surface area contributed by atoms with Crippen LogP contribution in [0.15, 0.2) is 23.1 Å². The predicted octanol–water partition coefficient (Wildman–Crippen LogP) is 1.67. The minimum Gasteiger partial charge on any atom is -0.481 e. The molecule has 1 aliphatic heterocycles. The Bertz CT molecular complexity index is 1380. The molecule has 0 aromatic carbocycles. The van der Waals surface area contributed by atoms with Gasteiger partial charge in [-0.15, -0.1) is 5.10 Å². The van der Waals surface area contributed by atoms with Gasteiger partial charge in [0.25, 0.3) is 5.56 Å². The van der Waals surface area contributed by atoms with Crippen molar-refractivity contribution in [3.05, 3.63) is 34.4 Å². The summed E-state index contributed by atoms with van der Waals surface area (Å²) in [5, 5.41) is 14.1. The van der Waals surface area contributed by atoms with Crippen LogP contribution in [0.3, 0.4) is 0 Å². The van der Waals surface area contributed by atoms with Gasteiger partial charge in [0.1, 0.15) is 17.8 Å². The van der Waals surface area contributed by atoms with E-state index >= 15 is 0 Å². The van der Waals surface area contributed by atoms with Crippen molar-refractivity contribution >= 4 is 23.5 Å². The highest BCUT2D eigenvalue weighted by Gasteiger charge is 2.30. The number of fused-ring (bicyclic) bond motifs is 1. The number of carboxylic acids is 1. The van der Waals surface area contributed by atoms with Crippen molar-refractivity contribution in [1.29, 1.82) is 0 Å². The van der Waals surface area contributed by atoms with Crippen LogP contribution in [0.2, 0.25) is 0 Å². The van der Waals surface area contributed by atoms with Crippen molar-refractivity contribution in [2.75, 3.05) is 38.2 Å². The maximum absolute atomic E-state index is 13.7. The Morgan fingerprint density at radius 2 is 1.86 bits per heavy atom. The van der Waals surface area contributed by atoms with Crippen molar-refractivity contribution in [3.8, 4) is 17.3 Å². The van der Waals surface area contributed by atoms with E-state index in [4.69, 9.17) is 9.47 Å². The summed E-state index contributed by atoms with van der Waals surface area (Å²) in [5.74, 6) is -0.344. The number of carbonyl (C=O) groups excluding carboxylic acids is 1. The molecule has 0 unspecified atom stereocenters. The van der Waals surface area contributed by atoms with Gasteiger partial charge in [-0.3, -0.25) is 9.59 Å². The van der Waals surface area contributed by atoms with Gasteiger partial charge in [0.15, 0.2) is 5.82 Å². The fraction of sp³-hybridized carbons (Fsp3) is 0.500. The molecule has 1 N–H and O–H groups in total. The summed E-state index contributed by atoms with van der Waals surface area (Å²) in [6.45, 7) is 8.36. The van der Waals surface area contributed by atoms with Crippen LogP contribution in [0.4, 0.5) is 10.5 Å². The second kappa shape index (κ2) is 10.1. The minimum absolute atomic E-state index is 0.131. The molecular weight excluding hydrogens is 482 g/mol. The largest absolute Gasteiger partial charge is 0.481 e. The van der Waals surface area contributed by atoms with Gasteiger partial charge in [-0.1, -0.05) is 6.92 Å². The first-order chi connectivity index (χ1) is 17.5. The lowest BCUT2D eigenvalue weighted by Gasteiger charge is -2.37. The minimum atomic E-state index is -1.07. The highest BCUT2D eigenvalue weighted by Crippen LogP contribution is 2.24. The molecule has 4 heterocycles. The summed E-state index contributed by atoms with van der Waals surface area (Å²) in [4.78, 5) is 50.1. The van der Waals surface area contributed by atoms with E-state index in [9.17, 15) is 19.5 Å². The van der Waals surface area contributed by atoms with E-state index in [1.165, 1.54) is 17.9 Å². The van der Waals surface area contributed by atoms with Crippen molar-refractivity contribution in [1.82, 2.24) is 29.0 Å². The summed E-state index contributed by atoms with van der Waals surface area (Å²) >= 11 is 0. The summed E-state index contributed by atoms with van der Waals surface area (Å²) in [6, 6.07) is 3.32. The first-order valence-electron chi connectivity index (χ1n) is 12.0. The Labute approximate surface area is 213 Å². The normalized spacial score (nSPS) is 14.2. The van der Waals surface area contributed by atoms with Crippen LogP contribution >= 0.6 is 0 Å². The van der Waals surface area contributed by atoms with E-state index < -0.39 is 29.8 Å². The van der Waals surface area contributed by atoms with Crippen LogP contribution in [0.5, 0.6) is 5.88 Å². The quantitative estimate of drug-likeness (QED) is 0.517. The Hall–Kier alpha value is -4.16. The maximum Gasteiger partial charge on any atom is 0.410 e. The molecule has 3 aromatic rings. The Balaban J connectivity index is 1.77. The number of amides is 1. The molecule has 1 fully saturated rings. The van der Waals surface area contributed by atoms with Gasteiger partial charge in [-0.2, -0.15) is 9.50 Å². The molecule has 0 bridgehead atoms. The molecule has 0 atom stereocenters. The average molecular weight is 514 g/mol. The third-order valence-corrected chi connectivity index (χ3v) is 5.90. The summed E-state index contributed by atoms with van der Waals surface area (Å²) < 4.78 is 13.3. The zero-order valence-electron chi connectivity index (χ0n) is 21.6. The van der Waals surface area contributed by atoms with Crippen LogP contribution in [-0.4, -0.2) is 85.1 Å². The molecule has 0 radical (unpaired) electrons. The average Bonchev–Trinajstić information content (AvgIpc) is 3.30. The lowest BCUT2D eigenvalue weighted by Crippen LogP contribution is -2.51. The molecule has 13 nitrogen and oxygen atoms in total. The second-order valence-corrected chi connectivity index (χ2v) is 9.62. The van der Waals surface area contributed by atoms with Gasteiger partial charge in [0.05, 0.1) is 12.8 Å². The summed E-state index contributed by atoms with van der Waals surface area (Å²) in [7, 11) is 1.49. The standard InChI is InChI=1S/C24H31N7O6/c1-6-16-19(28-9-11-29(12-10-28)23(35)37-24(2,3)4)21(34)31-22(30(16)14-18(32)33)26-20(27-31)15-7-8-25-17(13-15)36-5/h7-8,13H,6,9-12,14H2,1-5H3,(H,32,33). The molecule has 198 valence electrons. The number of piperazine rings is 1. The van der Waals surface area contributed by atoms with E-state index in [1.54, 1.807) is 17.0 Å². The number of aromatic nitrogens is 5. The number of carboxylic acid groups (broad SMARTS) is 1. The maximum atomic E-state index is 13.7. The SMILES string of the molecule is CCc1c(N2CCN(C(=O)OC(C)(C)C)CC2)c(=O)n2nc(-c3ccnc(OC)c3)nc2n1CC(=O)O. The fourth-order valence-electron chi connectivity index (χ4n) is 4.29. The molecule has 0 saturated carbocycles. The zero-order valence-corrected chi connectivity index (χ0v) is 21.6. The van der Waals surface area contributed by atoms with Crippen LogP contribution < -0.4 is 15.2 Å². The summed E-state index contributed by atoms with van der Waals surface area (Å²) in [5.41, 5.74) is 0.449. The lowest BCUT2D eigenvalue weighted by atomic mass is 10.2. The van der Waals surface area contributed by atoms with Crippen molar-refractivity contribution in [3.63, 3.8) is 0 Å². The number of anilines is 1. The van der Waals surface area contributed by atoms with Gasteiger partial charge in [-0.25, -0.2) is 9.78 Å². The van der Waals surface area contributed by atoms with E-state index in [1.807, 2.05) is 32.6 Å². The molecule has 37 heavy (non-hydrogen) atoms. The molecule has 0 spiro atoms. The monoisotopic (exact) mass is 513 g/mol. The number of rotatable bonds is 6. The zero-order chi connectivity index (χ0) is 26.9. The third-order valence-electron chi connectivity index (χ3n) is 5.90. The predicted molar refractivity (Wildman–Crippen MR) is 134 cm³/mol. The molecule has 1 amide bonds. The first-order valence-corrected chi connectivity index (χ1v) is 12.0. The number of pyridine rings is 1. The number of nitrogens with zero attached hydrogens (tertiary/aromatic N) is 7. The van der Waals surface area contributed by atoms with Crippen molar-refractivity contribution in [2.24, 2.45) is 0 Å². The fourth-order valence-corrected chi connectivity index (χ4v) is 4.29. The second-order valence-electron chi connectivity index (χ2n) is 9.62. The van der Waals surface area contributed by atoms with Crippen molar-refractivity contribution < 1.29 is 24.2 Å². The van der Waals surface area contributed by atoms with E-state index in [-0.39, 0.29) is 11.6 Å². The van der Waals surface area contributed by atoms with Gasteiger partial charge < -0.3 is 28.9 Å². The number of hydrogen-bond acceptors (Lipinski definition) is 9. The van der Waals surface area contributed by atoms with Crippen LogP contribution in [-0.2, 0) is 22.5 Å². The third kappa shape index (κ3) is 5.34. The van der Waals surface area contributed by atoms with E-state index in [2.05, 4.69) is 15.1 Å². The number of carbonyl (C=O) groups is 2. The molecule has 13 heteroatoms. The molecule has 0 aliphatic carbocycles. The smallest absolute Gasteiger partial charge is 0.410 e. The number of methoxy groups -OCH3 is 1. The Kier molecular flexibility index (Phi) is 7.05. The van der Waals surface area contributed by atoms with E-state index in [0.717, 1.165) is 4.52 Å². The topological polar surface area (TPSA) is 144 Å². The highest BCUT2D eigenvalue weighted by atomic mass is 16.6.